The number of amides is 1. The first-order chi connectivity index (χ1) is 9.51. The zero-order chi connectivity index (χ0) is 14.8. The molecule has 2 rings (SSSR count). The van der Waals surface area contributed by atoms with Crippen molar-refractivity contribution in [1.29, 1.82) is 5.26 Å². The molecule has 0 unspecified atom stereocenters. The van der Waals surface area contributed by atoms with Crippen LogP contribution >= 0.6 is 23.4 Å². The number of carbonyl (C=O) groups is 1. The summed E-state index contributed by atoms with van der Waals surface area (Å²) in [4.78, 5) is 14.0. The molecule has 1 aliphatic rings. The van der Waals surface area contributed by atoms with Gasteiger partial charge in [-0.25, -0.2) is 0 Å². The first-order valence-electron chi connectivity index (χ1n) is 6.25. The van der Waals surface area contributed by atoms with Gasteiger partial charge in [0.1, 0.15) is 10.5 Å². The van der Waals surface area contributed by atoms with Gasteiger partial charge < -0.3 is 10.0 Å². The highest BCUT2D eigenvalue weighted by Gasteiger charge is 2.36. The van der Waals surface area contributed by atoms with Crippen molar-refractivity contribution in [1.82, 2.24) is 4.90 Å². The summed E-state index contributed by atoms with van der Waals surface area (Å²) in [5.41, 5.74) is 0.214. The lowest BCUT2D eigenvalue weighted by molar-refractivity contribution is 0.0713. The fourth-order valence-electron chi connectivity index (χ4n) is 2.28. The number of rotatable bonds is 2. The molecular weight excluding hydrogens is 296 g/mol. The average Bonchev–Trinajstić information content (AvgIpc) is 2.49. The molecule has 1 aromatic rings. The Morgan fingerprint density at radius 1 is 1.50 bits per heavy atom. The van der Waals surface area contributed by atoms with Crippen molar-refractivity contribution in [2.24, 2.45) is 0 Å². The van der Waals surface area contributed by atoms with E-state index in [4.69, 9.17) is 11.6 Å². The molecule has 0 aliphatic carbocycles. The molecular formula is C14H15ClN2O2S. The molecule has 1 fully saturated rings. The third-order valence-electron chi connectivity index (χ3n) is 3.64. The number of aromatic hydroxyl groups is 1. The van der Waals surface area contributed by atoms with Crippen LogP contribution in [-0.2, 0) is 0 Å². The molecule has 6 heteroatoms. The number of benzene rings is 1. The highest BCUT2D eigenvalue weighted by Crippen LogP contribution is 2.34. The van der Waals surface area contributed by atoms with Crippen molar-refractivity contribution >= 4 is 29.3 Å². The lowest BCUT2D eigenvalue weighted by Crippen LogP contribution is -2.44. The number of carbonyl (C=O) groups excluding carboxylic acids is 1. The number of phenolic OH excluding ortho intramolecular Hbond substituents is 1. The van der Waals surface area contributed by atoms with Gasteiger partial charge in [0.2, 0.25) is 0 Å². The maximum atomic E-state index is 12.4. The van der Waals surface area contributed by atoms with E-state index in [1.165, 1.54) is 30.0 Å². The lowest BCUT2D eigenvalue weighted by Gasteiger charge is -2.36. The highest BCUT2D eigenvalue weighted by molar-refractivity contribution is 8.00. The minimum absolute atomic E-state index is 0.0682. The predicted molar refractivity (Wildman–Crippen MR) is 80.1 cm³/mol. The molecule has 0 aromatic heterocycles. The number of hydrogen-bond acceptors (Lipinski definition) is 4. The molecule has 1 aliphatic heterocycles. The summed E-state index contributed by atoms with van der Waals surface area (Å²) in [5.74, 6) is -0.306. The topological polar surface area (TPSA) is 64.3 Å². The molecule has 1 N–H and O–H groups in total. The SMILES string of the molecule is CSC1(C#N)CCN(C(=O)c2cc(Cl)ccc2O)CC1. The van der Waals surface area contributed by atoms with E-state index in [-0.39, 0.29) is 17.2 Å². The summed E-state index contributed by atoms with van der Waals surface area (Å²) < 4.78 is -0.396. The molecule has 20 heavy (non-hydrogen) atoms. The summed E-state index contributed by atoms with van der Waals surface area (Å²) in [5, 5.41) is 19.4. The van der Waals surface area contributed by atoms with Crippen molar-refractivity contribution in [3.8, 4) is 11.8 Å². The van der Waals surface area contributed by atoms with Gasteiger partial charge in [0, 0.05) is 18.1 Å². The van der Waals surface area contributed by atoms with Gasteiger partial charge in [0.25, 0.3) is 5.91 Å². The predicted octanol–water partition coefficient (Wildman–Crippen LogP) is 2.91. The smallest absolute Gasteiger partial charge is 0.257 e. The molecule has 1 amide bonds. The van der Waals surface area contributed by atoms with Gasteiger partial charge in [0.15, 0.2) is 0 Å². The van der Waals surface area contributed by atoms with E-state index in [9.17, 15) is 15.2 Å². The van der Waals surface area contributed by atoms with Crippen LogP contribution < -0.4 is 0 Å². The first kappa shape index (κ1) is 15.0. The zero-order valence-electron chi connectivity index (χ0n) is 11.1. The van der Waals surface area contributed by atoms with Gasteiger partial charge in [-0.1, -0.05) is 11.6 Å². The Kier molecular flexibility index (Phi) is 4.46. The third-order valence-corrected chi connectivity index (χ3v) is 5.16. The van der Waals surface area contributed by atoms with Crippen molar-refractivity contribution in [3.63, 3.8) is 0 Å². The van der Waals surface area contributed by atoms with Crippen LogP contribution in [0.1, 0.15) is 23.2 Å². The molecule has 106 valence electrons. The van der Waals surface area contributed by atoms with Gasteiger partial charge in [0.05, 0.1) is 11.6 Å². The Labute approximate surface area is 127 Å². The quantitative estimate of drug-likeness (QED) is 0.912. The third kappa shape index (κ3) is 2.87. The van der Waals surface area contributed by atoms with Crippen LogP contribution in [0.4, 0.5) is 0 Å². The summed E-state index contributed by atoms with van der Waals surface area (Å²) >= 11 is 7.40. The van der Waals surface area contributed by atoms with Crippen LogP contribution in [0.5, 0.6) is 5.75 Å². The van der Waals surface area contributed by atoms with E-state index in [1.54, 1.807) is 4.90 Å². The fourth-order valence-corrected chi connectivity index (χ4v) is 3.14. The van der Waals surface area contributed by atoms with Gasteiger partial charge in [-0.05, 0) is 37.3 Å². The van der Waals surface area contributed by atoms with Crippen LogP contribution in [0.3, 0.4) is 0 Å². The van der Waals surface area contributed by atoms with Crippen LogP contribution in [0.25, 0.3) is 0 Å². The Morgan fingerprint density at radius 3 is 2.70 bits per heavy atom. The van der Waals surface area contributed by atoms with E-state index in [0.29, 0.717) is 31.0 Å². The van der Waals surface area contributed by atoms with Crippen LogP contribution in [0.15, 0.2) is 18.2 Å². The second kappa shape index (κ2) is 5.94. The Balaban J connectivity index is 2.13. The summed E-state index contributed by atoms with van der Waals surface area (Å²) in [6, 6.07) is 6.77. The van der Waals surface area contributed by atoms with E-state index in [1.807, 2.05) is 6.26 Å². The molecule has 4 nitrogen and oxygen atoms in total. The number of halogens is 1. The Morgan fingerprint density at radius 2 is 2.15 bits per heavy atom. The van der Waals surface area contributed by atoms with E-state index < -0.39 is 4.75 Å². The number of thioether (sulfide) groups is 1. The summed E-state index contributed by atoms with van der Waals surface area (Å²) in [6.45, 7) is 1.03. The van der Waals surface area contributed by atoms with Crippen LogP contribution in [-0.4, -0.2) is 40.0 Å². The molecule has 1 aromatic carbocycles. The number of hydrogen-bond donors (Lipinski definition) is 1. The molecule has 1 heterocycles. The largest absolute Gasteiger partial charge is 0.507 e. The monoisotopic (exact) mass is 310 g/mol. The normalized spacial score (nSPS) is 17.6. The molecule has 1 saturated heterocycles. The zero-order valence-corrected chi connectivity index (χ0v) is 12.7. The summed E-state index contributed by atoms with van der Waals surface area (Å²) in [7, 11) is 0. The molecule has 0 saturated carbocycles. The van der Waals surface area contributed by atoms with Crippen LogP contribution in [0.2, 0.25) is 5.02 Å². The minimum Gasteiger partial charge on any atom is -0.507 e. The van der Waals surface area contributed by atoms with Crippen molar-refractivity contribution < 1.29 is 9.90 Å². The number of nitriles is 1. The number of phenols is 1. The fraction of sp³-hybridized carbons (Fsp3) is 0.429. The van der Waals surface area contributed by atoms with Gasteiger partial charge in [-0.15, -0.1) is 11.8 Å². The maximum Gasteiger partial charge on any atom is 0.257 e. The molecule has 0 radical (unpaired) electrons. The minimum atomic E-state index is -0.396. The maximum absolute atomic E-state index is 12.4. The van der Waals surface area contributed by atoms with Gasteiger partial charge in [-0.3, -0.25) is 4.79 Å². The standard InChI is InChI=1S/C14H15ClN2O2S/c1-20-14(9-16)4-6-17(7-5-14)13(19)11-8-10(15)2-3-12(11)18/h2-3,8,18H,4-7H2,1H3. The molecule has 0 atom stereocenters. The number of nitrogens with zero attached hydrogens (tertiary/aromatic N) is 2. The van der Waals surface area contributed by atoms with E-state index in [0.717, 1.165) is 0 Å². The van der Waals surface area contributed by atoms with Crippen molar-refractivity contribution in [2.75, 3.05) is 19.3 Å². The van der Waals surface area contributed by atoms with Crippen molar-refractivity contribution in [2.45, 2.75) is 17.6 Å². The first-order valence-corrected chi connectivity index (χ1v) is 7.86. The molecule has 0 spiro atoms. The van der Waals surface area contributed by atoms with Gasteiger partial charge >= 0.3 is 0 Å². The van der Waals surface area contributed by atoms with Gasteiger partial charge in [-0.2, -0.15) is 5.26 Å². The van der Waals surface area contributed by atoms with Crippen molar-refractivity contribution in [3.05, 3.63) is 28.8 Å². The average molecular weight is 311 g/mol. The Bertz CT molecular complexity index is 563. The van der Waals surface area contributed by atoms with E-state index >= 15 is 0 Å². The highest BCUT2D eigenvalue weighted by atomic mass is 35.5. The van der Waals surface area contributed by atoms with E-state index in [2.05, 4.69) is 6.07 Å². The Hall–Kier alpha value is -1.38. The number of likely N-dealkylation sites (tertiary alicyclic amines) is 1. The number of piperidine rings is 1. The second-order valence-corrected chi connectivity index (χ2v) is 6.39. The summed E-state index contributed by atoms with van der Waals surface area (Å²) in [6.07, 6.45) is 3.19. The van der Waals surface area contributed by atoms with Crippen LogP contribution in [0, 0.1) is 11.3 Å². The second-order valence-electron chi connectivity index (χ2n) is 4.76. The molecule has 0 bridgehead atoms. The lowest BCUT2D eigenvalue weighted by atomic mass is 9.96.